The third kappa shape index (κ3) is 3.07. The molecule has 25 heavy (non-hydrogen) atoms. The topological polar surface area (TPSA) is 75.5 Å². The standard InChI is InChI=1S/C17H22N4O3S/c1-4-20(5-2)25(23,24)15-6-7-16-13(10-15)8-9-21(16)17(22)14-11-18-19(3)12-14/h6-7,10-12H,4-5,8-9H2,1-3H3. The number of nitrogens with zero attached hydrogens (tertiary/aromatic N) is 4. The summed E-state index contributed by atoms with van der Waals surface area (Å²) in [5, 5.41) is 4.03. The second-order valence-electron chi connectivity index (χ2n) is 5.99. The van der Waals surface area contributed by atoms with E-state index in [2.05, 4.69) is 5.10 Å². The molecule has 0 atom stereocenters. The van der Waals surface area contributed by atoms with Gasteiger partial charge in [-0.2, -0.15) is 9.40 Å². The molecule has 1 amide bonds. The van der Waals surface area contributed by atoms with Crippen molar-refractivity contribution in [2.45, 2.75) is 25.2 Å². The van der Waals surface area contributed by atoms with Crippen molar-refractivity contribution in [3.05, 3.63) is 41.7 Å². The maximum absolute atomic E-state index is 12.7. The van der Waals surface area contributed by atoms with E-state index in [0.717, 1.165) is 11.3 Å². The Morgan fingerprint density at radius 2 is 2.00 bits per heavy atom. The number of aryl methyl sites for hydroxylation is 1. The molecule has 0 saturated heterocycles. The van der Waals surface area contributed by atoms with Crippen LogP contribution in [0.4, 0.5) is 5.69 Å². The number of hydrogen-bond donors (Lipinski definition) is 0. The summed E-state index contributed by atoms with van der Waals surface area (Å²) in [6.07, 6.45) is 3.86. The van der Waals surface area contributed by atoms with Crippen molar-refractivity contribution >= 4 is 21.6 Å². The SMILES string of the molecule is CCN(CC)S(=O)(=O)c1ccc2c(c1)CCN2C(=O)c1cnn(C)c1. The Hall–Kier alpha value is -2.19. The molecule has 0 radical (unpaired) electrons. The molecule has 0 spiro atoms. The number of carbonyl (C=O) groups excluding carboxylic acids is 1. The van der Waals surface area contributed by atoms with Gasteiger partial charge < -0.3 is 4.90 Å². The molecule has 3 rings (SSSR count). The van der Waals surface area contributed by atoms with Gasteiger partial charge in [-0.25, -0.2) is 8.42 Å². The van der Waals surface area contributed by atoms with Gasteiger partial charge >= 0.3 is 0 Å². The summed E-state index contributed by atoms with van der Waals surface area (Å²) in [6, 6.07) is 5.01. The van der Waals surface area contributed by atoms with Crippen LogP contribution >= 0.6 is 0 Å². The van der Waals surface area contributed by atoms with E-state index in [-0.39, 0.29) is 10.8 Å². The second-order valence-corrected chi connectivity index (χ2v) is 7.93. The van der Waals surface area contributed by atoms with E-state index in [0.29, 0.717) is 31.6 Å². The number of carbonyl (C=O) groups is 1. The summed E-state index contributed by atoms with van der Waals surface area (Å²) >= 11 is 0. The van der Waals surface area contributed by atoms with E-state index in [1.807, 2.05) is 13.8 Å². The minimum Gasteiger partial charge on any atom is -0.308 e. The molecular formula is C17H22N4O3S. The van der Waals surface area contributed by atoms with Gasteiger partial charge in [0.15, 0.2) is 0 Å². The third-order valence-corrected chi connectivity index (χ3v) is 6.53. The first-order valence-corrected chi connectivity index (χ1v) is 9.76. The van der Waals surface area contributed by atoms with E-state index >= 15 is 0 Å². The minimum absolute atomic E-state index is 0.119. The average Bonchev–Trinajstić information content (AvgIpc) is 3.20. The van der Waals surface area contributed by atoms with E-state index in [9.17, 15) is 13.2 Å². The van der Waals surface area contributed by atoms with Crippen molar-refractivity contribution < 1.29 is 13.2 Å². The number of fused-ring (bicyclic) bond motifs is 1. The zero-order valence-electron chi connectivity index (χ0n) is 14.6. The largest absolute Gasteiger partial charge is 0.308 e. The predicted molar refractivity (Wildman–Crippen MR) is 95.1 cm³/mol. The van der Waals surface area contributed by atoms with Crippen molar-refractivity contribution in [3.63, 3.8) is 0 Å². The van der Waals surface area contributed by atoms with E-state index in [4.69, 9.17) is 0 Å². The monoisotopic (exact) mass is 362 g/mol. The molecular weight excluding hydrogens is 340 g/mol. The lowest BCUT2D eigenvalue weighted by atomic mass is 10.2. The van der Waals surface area contributed by atoms with Gasteiger partial charge in [0, 0.05) is 38.6 Å². The van der Waals surface area contributed by atoms with E-state index in [1.54, 1.807) is 47.2 Å². The first-order chi connectivity index (χ1) is 11.9. The zero-order chi connectivity index (χ0) is 18.2. The number of aromatic nitrogens is 2. The van der Waals surface area contributed by atoms with Crippen LogP contribution in [0.1, 0.15) is 29.8 Å². The Balaban J connectivity index is 1.92. The smallest absolute Gasteiger partial charge is 0.261 e. The highest BCUT2D eigenvalue weighted by atomic mass is 32.2. The van der Waals surface area contributed by atoms with Crippen LogP contribution in [-0.4, -0.2) is 48.0 Å². The summed E-state index contributed by atoms with van der Waals surface area (Å²) in [5.41, 5.74) is 2.17. The van der Waals surface area contributed by atoms with Crippen molar-refractivity contribution in [2.75, 3.05) is 24.5 Å². The fourth-order valence-electron chi connectivity index (χ4n) is 3.15. The predicted octanol–water partition coefficient (Wildman–Crippen LogP) is 1.65. The van der Waals surface area contributed by atoms with Crippen LogP contribution in [0, 0.1) is 0 Å². The summed E-state index contributed by atoms with van der Waals surface area (Å²) in [4.78, 5) is 14.6. The van der Waals surface area contributed by atoms with Gasteiger partial charge in [-0.3, -0.25) is 9.48 Å². The van der Waals surface area contributed by atoms with Gasteiger partial charge in [0.25, 0.3) is 5.91 Å². The molecule has 1 aliphatic rings. The van der Waals surface area contributed by atoms with Gasteiger partial charge in [0.05, 0.1) is 16.7 Å². The Kier molecular flexibility index (Phi) is 4.66. The van der Waals surface area contributed by atoms with Crippen LogP contribution in [0.25, 0.3) is 0 Å². The molecule has 0 N–H and O–H groups in total. The maximum atomic E-state index is 12.7. The second kappa shape index (κ2) is 6.61. The maximum Gasteiger partial charge on any atom is 0.261 e. The zero-order valence-corrected chi connectivity index (χ0v) is 15.5. The number of benzene rings is 1. The van der Waals surface area contributed by atoms with E-state index in [1.165, 1.54) is 4.31 Å². The highest BCUT2D eigenvalue weighted by molar-refractivity contribution is 7.89. The molecule has 2 aromatic rings. The molecule has 0 saturated carbocycles. The summed E-state index contributed by atoms with van der Waals surface area (Å²) in [6.45, 7) is 5.05. The molecule has 0 fully saturated rings. The van der Waals surface area contributed by atoms with Crippen LogP contribution in [0.15, 0.2) is 35.5 Å². The van der Waals surface area contributed by atoms with Crippen LogP contribution in [0.3, 0.4) is 0 Å². The normalized spacial score (nSPS) is 14.2. The first kappa shape index (κ1) is 17.6. The Morgan fingerprint density at radius 1 is 1.28 bits per heavy atom. The van der Waals surface area contributed by atoms with Gasteiger partial charge in [0.1, 0.15) is 0 Å². The molecule has 0 unspecified atom stereocenters. The highest BCUT2D eigenvalue weighted by Gasteiger charge is 2.29. The van der Waals surface area contributed by atoms with Crippen LogP contribution in [-0.2, 0) is 23.5 Å². The highest BCUT2D eigenvalue weighted by Crippen LogP contribution is 2.32. The Bertz CT molecular complexity index is 900. The van der Waals surface area contributed by atoms with Gasteiger partial charge in [-0.15, -0.1) is 0 Å². The third-order valence-electron chi connectivity index (χ3n) is 4.49. The lowest BCUT2D eigenvalue weighted by molar-refractivity contribution is 0.0989. The molecule has 0 bridgehead atoms. The lowest BCUT2D eigenvalue weighted by Crippen LogP contribution is -2.30. The van der Waals surface area contributed by atoms with Gasteiger partial charge in [-0.1, -0.05) is 13.8 Å². The molecule has 1 aromatic heterocycles. The van der Waals surface area contributed by atoms with Crippen molar-refractivity contribution in [1.82, 2.24) is 14.1 Å². The average molecular weight is 362 g/mol. The summed E-state index contributed by atoms with van der Waals surface area (Å²) < 4.78 is 28.4. The summed E-state index contributed by atoms with van der Waals surface area (Å²) in [7, 11) is -1.73. The fourth-order valence-corrected chi connectivity index (χ4v) is 4.66. The number of sulfonamides is 1. The van der Waals surface area contributed by atoms with Crippen molar-refractivity contribution in [1.29, 1.82) is 0 Å². The van der Waals surface area contributed by atoms with Gasteiger partial charge in [-0.05, 0) is 30.2 Å². The number of rotatable bonds is 5. The molecule has 7 nitrogen and oxygen atoms in total. The lowest BCUT2D eigenvalue weighted by Gasteiger charge is -2.20. The molecule has 1 aliphatic heterocycles. The fraction of sp³-hybridized carbons (Fsp3) is 0.412. The Morgan fingerprint density at radius 3 is 2.60 bits per heavy atom. The number of hydrogen-bond acceptors (Lipinski definition) is 4. The quantitative estimate of drug-likeness (QED) is 0.811. The minimum atomic E-state index is -3.49. The number of amides is 1. The van der Waals surface area contributed by atoms with Crippen LogP contribution in [0.2, 0.25) is 0 Å². The molecule has 0 aliphatic carbocycles. The van der Waals surface area contributed by atoms with Crippen molar-refractivity contribution in [3.8, 4) is 0 Å². The molecule has 8 heteroatoms. The van der Waals surface area contributed by atoms with Crippen LogP contribution < -0.4 is 4.90 Å². The number of anilines is 1. The molecule has 2 heterocycles. The van der Waals surface area contributed by atoms with Crippen molar-refractivity contribution in [2.24, 2.45) is 7.05 Å². The Labute approximate surface area is 147 Å². The van der Waals surface area contributed by atoms with Gasteiger partial charge in [0.2, 0.25) is 10.0 Å². The first-order valence-electron chi connectivity index (χ1n) is 8.32. The molecule has 1 aromatic carbocycles. The summed E-state index contributed by atoms with van der Waals surface area (Å²) in [5.74, 6) is -0.119. The molecule has 134 valence electrons. The van der Waals surface area contributed by atoms with Crippen LogP contribution in [0.5, 0.6) is 0 Å². The van der Waals surface area contributed by atoms with E-state index < -0.39 is 10.0 Å².